The second-order valence-corrected chi connectivity index (χ2v) is 7.38. The Kier molecular flexibility index (Phi) is 17.4. The zero-order valence-corrected chi connectivity index (χ0v) is 18.3. The predicted molar refractivity (Wildman–Crippen MR) is 118 cm³/mol. The SMILES string of the molecule is CCCCCCCCCCCCCCCCOC1=CC=CN(C)C1=C=O.Cl. The van der Waals surface area contributed by atoms with E-state index in [1.165, 1.54) is 83.5 Å². The lowest BCUT2D eigenvalue weighted by Crippen LogP contribution is -2.17. The lowest BCUT2D eigenvalue weighted by molar-refractivity contribution is 0.202. The minimum absolute atomic E-state index is 0. The Bertz CT molecular complexity index is 467. The largest absolute Gasteiger partial charge is 0.491 e. The zero-order valence-electron chi connectivity index (χ0n) is 17.5. The molecule has 0 aromatic carbocycles. The average molecular weight is 398 g/mol. The maximum atomic E-state index is 11.0. The van der Waals surface area contributed by atoms with Gasteiger partial charge in [0.15, 0.2) is 17.4 Å². The van der Waals surface area contributed by atoms with Crippen molar-refractivity contribution < 1.29 is 9.53 Å². The smallest absolute Gasteiger partial charge is 0.169 e. The minimum atomic E-state index is 0. The Morgan fingerprint density at radius 2 is 1.33 bits per heavy atom. The molecule has 0 aromatic rings. The van der Waals surface area contributed by atoms with Gasteiger partial charge in [-0.15, -0.1) is 12.4 Å². The van der Waals surface area contributed by atoms with Crippen molar-refractivity contribution in [2.75, 3.05) is 13.7 Å². The van der Waals surface area contributed by atoms with Crippen molar-refractivity contribution >= 4 is 18.3 Å². The Balaban J connectivity index is 0.00000676. The predicted octanol–water partition coefficient (Wildman–Crippen LogP) is 6.96. The monoisotopic (exact) mass is 397 g/mol. The second kappa shape index (κ2) is 18.2. The molecule has 0 fully saturated rings. The van der Waals surface area contributed by atoms with Gasteiger partial charge < -0.3 is 9.64 Å². The summed E-state index contributed by atoms with van der Waals surface area (Å²) in [5.74, 6) is 2.59. The van der Waals surface area contributed by atoms with Crippen molar-refractivity contribution in [1.29, 1.82) is 0 Å². The number of halogens is 1. The number of carbonyl (C=O) groups excluding carboxylic acids is 1. The van der Waals surface area contributed by atoms with Gasteiger partial charge in [-0.05, 0) is 18.6 Å². The zero-order chi connectivity index (χ0) is 18.9. The maximum Gasteiger partial charge on any atom is 0.169 e. The molecule has 27 heavy (non-hydrogen) atoms. The molecular weight excluding hydrogens is 358 g/mol. The van der Waals surface area contributed by atoms with Crippen LogP contribution in [0.15, 0.2) is 29.8 Å². The summed E-state index contributed by atoms with van der Waals surface area (Å²) >= 11 is 0. The normalized spacial score (nSPS) is 13.2. The first kappa shape index (κ1) is 25.8. The van der Waals surface area contributed by atoms with Gasteiger partial charge >= 0.3 is 0 Å². The van der Waals surface area contributed by atoms with Gasteiger partial charge in [0.25, 0.3) is 0 Å². The Labute approximate surface area is 173 Å². The molecule has 156 valence electrons. The van der Waals surface area contributed by atoms with Crippen LogP contribution in [0, 0.1) is 0 Å². The van der Waals surface area contributed by atoms with Crippen molar-refractivity contribution in [1.82, 2.24) is 4.90 Å². The summed E-state index contributed by atoms with van der Waals surface area (Å²) in [6.07, 6.45) is 24.5. The van der Waals surface area contributed by atoms with E-state index in [0.29, 0.717) is 18.1 Å². The number of likely N-dealkylation sites (N-methyl/N-ethyl adjacent to an activating group) is 1. The topological polar surface area (TPSA) is 29.5 Å². The summed E-state index contributed by atoms with van der Waals surface area (Å²) in [5, 5.41) is 0. The van der Waals surface area contributed by atoms with E-state index in [9.17, 15) is 4.79 Å². The summed E-state index contributed by atoms with van der Waals surface area (Å²) in [6.45, 7) is 2.95. The molecule has 0 radical (unpaired) electrons. The first-order valence-electron chi connectivity index (χ1n) is 10.8. The van der Waals surface area contributed by atoms with Gasteiger partial charge in [-0.2, -0.15) is 0 Å². The van der Waals surface area contributed by atoms with E-state index < -0.39 is 0 Å². The lowest BCUT2D eigenvalue weighted by atomic mass is 10.0. The molecule has 0 aliphatic carbocycles. The summed E-state index contributed by atoms with van der Waals surface area (Å²) < 4.78 is 5.73. The Morgan fingerprint density at radius 3 is 1.81 bits per heavy atom. The van der Waals surface area contributed by atoms with Gasteiger partial charge in [-0.3, -0.25) is 0 Å². The van der Waals surface area contributed by atoms with Crippen molar-refractivity contribution in [3.63, 3.8) is 0 Å². The van der Waals surface area contributed by atoms with Gasteiger partial charge in [0.2, 0.25) is 0 Å². The first-order chi connectivity index (χ1) is 12.8. The number of allylic oxidation sites excluding steroid dienone is 2. The third kappa shape index (κ3) is 12.8. The van der Waals surface area contributed by atoms with E-state index in [0.717, 1.165) is 6.42 Å². The van der Waals surface area contributed by atoms with Crippen LogP contribution in [0.2, 0.25) is 0 Å². The van der Waals surface area contributed by atoms with Crippen LogP contribution in [0.3, 0.4) is 0 Å². The molecule has 0 bridgehead atoms. The van der Waals surface area contributed by atoms with Crippen LogP contribution < -0.4 is 0 Å². The highest BCUT2D eigenvalue weighted by atomic mass is 35.5. The number of unbranched alkanes of at least 4 members (excludes halogenated alkanes) is 13. The first-order valence-corrected chi connectivity index (χ1v) is 10.8. The molecule has 0 aromatic heterocycles. The van der Waals surface area contributed by atoms with Crippen LogP contribution in [-0.4, -0.2) is 24.5 Å². The van der Waals surface area contributed by atoms with Crippen molar-refractivity contribution in [2.24, 2.45) is 0 Å². The summed E-state index contributed by atoms with van der Waals surface area (Å²) in [4.78, 5) is 12.7. The fourth-order valence-electron chi connectivity index (χ4n) is 3.30. The van der Waals surface area contributed by atoms with E-state index in [1.54, 1.807) is 4.90 Å². The standard InChI is InChI=1S/C23H39NO2.ClH/c1-3-4-5-6-7-8-9-10-11-12-13-14-15-16-20-26-23-18-17-19-24(2)22(23)21-25;/h17-19H,3-16,20H2,1-2H3;1H. The van der Waals surface area contributed by atoms with E-state index in [2.05, 4.69) is 6.92 Å². The number of nitrogens with zero attached hydrogens (tertiary/aromatic N) is 1. The highest BCUT2D eigenvalue weighted by molar-refractivity contribution is 5.85. The average Bonchev–Trinajstić information content (AvgIpc) is 2.65. The molecule has 1 aliphatic rings. The molecular formula is C23H40ClNO2. The van der Waals surface area contributed by atoms with E-state index in [-0.39, 0.29) is 12.4 Å². The van der Waals surface area contributed by atoms with Crippen LogP contribution in [0.5, 0.6) is 0 Å². The van der Waals surface area contributed by atoms with Crippen LogP contribution in [-0.2, 0) is 9.53 Å². The van der Waals surface area contributed by atoms with Gasteiger partial charge in [0.05, 0.1) is 6.61 Å². The fourth-order valence-corrected chi connectivity index (χ4v) is 3.30. The molecule has 0 spiro atoms. The number of rotatable bonds is 16. The molecule has 0 unspecified atom stereocenters. The molecule has 1 rings (SSSR count). The molecule has 0 saturated carbocycles. The number of hydrogen-bond acceptors (Lipinski definition) is 3. The molecule has 0 atom stereocenters. The van der Waals surface area contributed by atoms with E-state index in [1.807, 2.05) is 31.3 Å². The van der Waals surface area contributed by atoms with Gasteiger partial charge in [-0.1, -0.05) is 90.4 Å². The molecule has 0 amide bonds. The van der Waals surface area contributed by atoms with Crippen molar-refractivity contribution in [3.8, 4) is 0 Å². The van der Waals surface area contributed by atoms with E-state index in [4.69, 9.17) is 4.74 Å². The number of hydrogen-bond donors (Lipinski definition) is 0. The lowest BCUT2D eigenvalue weighted by Gasteiger charge is -2.20. The quantitative estimate of drug-likeness (QED) is 0.208. The van der Waals surface area contributed by atoms with Crippen LogP contribution in [0.25, 0.3) is 0 Å². The molecule has 4 heteroatoms. The van der Waals surface area contributed by atoms with Crippen molar-refractivity contribution in [2.45, 2.75) is 96.8 Å². The van der Waals surface area contributed by atoms with Gasteiger partial charge in [0.1, 0.15) is 0 Å². The highest BCUT2D eigenvalue weighted by Crippen LogP contribution is 2.18. The maximum absolute atomic E-state index is 11.0. The molecule has 0 saturated heterocycles. The van der Waals surface area contributed by atoms with Crippen molar-refractivity contribution in [3.05, 3.63) is 29.8 Å². The van der Waals surface area contributed by atoms with Crippen LogP contribution in [0.4, 0.5) is 0 Å². The summed E-state index contributed by atoms with van der Waals surface area (Å²) in [6, 6.07) is 0. The van der Waals surface area contributed by atoms with Gasteiger partial charge in [-0.25, -0.2) is 4.79 Å². The molecule has 1 aliphatic heterocycles. The Morgan fingerprint density at radius 1 is 0.852 bits per heavy atom. The minimum Gasteiger partial charge on any atom is -0.491 e. The van der Waals surface area contributed by atoms with Crippen LogP contribution >= 0.6 is 12.4 Å². The Hall–Kier alpha value is -1.18. The third-order valence-electron chi connectivity index (χ3n) is 5.00. The van der Waals surface area contributed by atoms with E-state index >= 15 is 0 Å². The number of ether oxygens (including phenoxy) is 1. The second-order valence-electron chi connectivity index (χ2n) is 7.38. The molecule has 1 heterocycles. The molecule has 0 N–H and O–H groups in total. The van der Waals surface area contributed by atoms with Crippen LogP contribution in [0.1, 0.15) is 96.8 Å². The summed E-state index contributed by atoms with van der Waals surface area (Å²) in [7, 11) is 1.83. The fraction of sp³-hybridized carbons (Fsp3) is 0.739. The summed E-state index contributed by atoms with van der Waals surface area (Å²) in [5.41, 5.74) is 0.484. The third-order valence-corrected chi connectivity index (χ3v) is 5.00. The molecule has 3 nitrogen and oxygen atoms in total. The van der Waals surface area contributed by atoms with Gasteiger partial charge in [0, 0.05) is 13.2 Å². The highest BCUT2D eigenvalue weighted by Gasteiger charge is 2.13.